The number of furan rings is 1. The molecule has 0 aliphatic heterocycles. The highest BCUT2D eigenvalue weighted by Crippen LogP contribution is 2.19. The lowest BCUT2D eigenvalue weighted by molar-refractivity contribution is 0.0695. The van der Waals surface area contributed by atoms with Crippen molar-refractivity contribution in [1.29, 1.82) is 5.26 Å². The zero-order valence-electron chi connectivity index (χ0n) is 10.6. The van der Waals surface area contributed by atoms with Gasteiger partial charge in [0.15, 0.2) is 0 Å². The Balaban J connectivity index is 2.15. The fourth-order valence-electron chi connectivity index (χ4n) is 1.79. The van der Waals surface area contributed by atoms with Gasteiger partial charge >= 0.3 is 5.97 Å². The summed E-state index contributed by atoms with van der Waals surface area (Å²) in [4.78, 5) is 10.9. The number of carboxylic acid groups (broad SMARTS) is 1. The first-order chi connectivity index (χ1) is 9.51. The summed E-state index contributed by atoms with van der Waals surface area (Å²) in [5.41, 5.74) is 0.730. The molecule has 1 aromatic heterocycles. The number of nitrogens with one attached hydrogen (secondary N) is 1. The van der Waals surface area contributed by atoms with E-state index in [0.717, 1.165) is 6.07 Å². The summed E-state index contributed by atoms with van der Waals surface area (Å²) in [5, 5.41) is 20.7. The first-order valence-electron chi connectivity index (χ1n) is 5.77. The van der Waals surface area contributed by atoms with Gasteiger partial charge in [-0.2, -0.15) is 5.26 Å². The van der Waals surface area contributed by atoms with Gasteiger partial charge in [0, 0.05) is 0 Å². The highest BCUT2D eigenvalue weighted by Gasteiger charge is 2.13. The lowest BCUT2D eigenvalue weighted by Crippen LogP contribution is -2.01. The van der Waals surface area contributed by atoms with E-state index in [2.05, 4.69) is 5.32 Å². The third kappa shape index (κ3) is 2.78. The summed E-state index contributed by atoms with van der Waals surface area (Å²) in [6.07, 6.45) is 0. The summed E-state index contributed by atoms with van der Waals surface area (Å²) >= 11 is 0. The standard InChI is InChI=1S/C14H11FN2O3/c1-8-12(14(18)19)5-11(20-8)7-17-13-3-2-10(15)4-9(13)6-16/h2-5,17H,7H2,1H3,(H,18,19). The molecular weight excluding hydrogens is 263 g/mol. The second kappa shape index (κ2) is 5.45. The van der Waals surface area contributed by atoms with Crippen LogP contribution in [0.2, 0.25) is 0 Å². The number of carboxylic acids is 1. The van der Waals surface area contributed by atoms with E-state index in [4.69, 9.17) is 14.8 Å². The number of aromatic carboxylic acids is 1. The Bertz CT molecular complexity index is 701. The molecule has 0 fully saturated rings. The average Bonchev–Trinajstić information content (AvgIpc) is 2.78. The molecule has 2 rings (SSSR count). The molecule has 0 radical (unpaired) electrons. The number of nitriles is 1. The van der Waals surface area contributed by atoms with Gasteiger partial charge in [-0.3, -0.25) is 0 Å². The minimum atomic E-state index is -1.06. The molecule has 0 bridgehead atoms. The van der Waals surface area contributed by atoms with Gasteiger partial charge in [0.2, 0.25) is 0 Å². The van der Waals surface area contributed by atoms with Crippen LogP contribution in [0.3, 0.4) is 0 Å². The molecule has 0 aliphatic rings. The van der Waals surface area contributed by atoms with Gasteiger partial charge in [-0.1, -0.05) is 0 Å². The molecule has 20 heavy (non-hydrogen) atoms. The van der Waals surface area contributed by atoms with E-state index in [-0.39, 0.29) is 17.7 Å². The number of nitrogens with zero attached hydrogens (tertiary/aromatic N) is 1. The predicted molar refractivity (Wildman–Crippen MR) is 68.8 cm³/mol. The van der Waals surface area contributed by atoms with Crippen LogP contribution in [0.25, 0.3) is 0 Å². The largest absolute Gasteiger partial charge is 0.478 e. The van der Waals surface area contributed by atoms with Crippen LogP contribution in [0.4, 0.5) is 10.1 Å². The number of aryl methyl sites for hydroxylation is 1. The second-order valence-corrected chi connectivity index (χ2v) is 4.14. The predicted octanol–water partition coefficient (Wildman–Crippen LogP) is 2.91. The van der Waals surface area contributed by atoms with Gasteiger partial charge in [0.05, 0.1) is 17.8 Å². The van der Waals surface area contributed by atoms with Crippen LogP contribution in [0, 0.1) is 24.1 Å². The lowest BCUT2D eigenvalue weighted by atomic mass is 10.2. The Labute approximate surface area is 114 Å². The summed E-state index contributed by atoms with van der Waals surface area (Å²) in [5.74, 6) is -0.812. The van der Waals surface area contributed by atoms with Crippen LogP contribution < -0.4 is 5.32 Å². The fraction of sp³-hybridized carbons (Fsp3) is 0.143. The topological polar surface area (TPSA) is 86.3 Å². The quantitative estimate of drug-likeness (QED) is 0.895. The van der Waals surface area contributed by atoms with Crippen LogP contribution in [0.15, 0.2) is 28.7 Å². The Morgan fingerprint density at radius 2 is 2.25 bits per heavy atom. The van der Waals surface area contributed by atoms with E-state index in [1.54, 1.807) is 6.92 Å². The molecule has 0 saturated carbocycles. The van der Waals surface area contributed by atoms with E-state index in [9.17, 15) is 9.18 Å². The zero-order valence-corrected chi connectivity index (χ0v) is 10.6. The highest BCUT2D eigenvalue weighted by atomic mass is 19.1. The Morgan fingerprint density at radius 1 is 1.50 bits per heavy atom. The van der Waals surface area contributed by atoms with Gasteiger partial charge in [0.25, 0.3) is 0 Å². The van der Waals surface area contributed by atoms with E-state index in [0.29, 0.717) is 17.2 Å². The zero-order chi connectivity index (χ0) is 14.7. The SMILES string of the molecule is Cc1oc(CNc2ccc(F)cc2C#N)cc1C(=O)O. The lowest BCUT2D eigenvalue weighted by Gasteiger charge is -2.06. The monoisotopic (exact) mass is 274 g/mol. The highest BCUT2D eigenvalue weighted by molar-refractivity contribution is 5.88. The van der Waals surface area contributed by atoms with Crippen LogP contribution >= 0.6 is 0 Å². The normalized spacial score (nSPS) is 10.1. The summed E-state index contributed by atoms with van der Waals surface area (Å²) in [7, 11) is 0. The number of anilines is 1. The van der Waals surface area contributed by atoms with Crippen molar-refractivity contribution in [1.82, 2.24) is 0 Å². The van der Waals surface area contributed by atoms with Crippen LogP contribution in [0.5, 0.6) is 0 Å². The third-order valence-corrected chi connectivity index (χ3v) is 2.75. The summed E-state index contributed by atoms with van der Waals surface area (Å²) < 4.78 is 18.3. The van der Waals surface area contributed by atoms with Crippen LogP contribution in [-0.2, 0) is 6.54 Å². The second-order valence-electron chi connectivity index (χ2n) is 4.14. The Morgan fingerprint density at radius 3 is 2.85 bits per heavy atom. The molecule has 102 valence electrons. The molecule has 1 aromatic carbocycles. The molecule has 0 unspecified atom stereocenters. The van der Waals surface area contributed by atoms with E-state index < -0.39 is 11.8 Å². The van der Waals surface area contributed by atoms with E-state index >= 15 is 0 Å². The molecule has 6 heteroatoms. The molecule has 2 aromatic rings. The van der Waals surface area contributed by atoms with Crippen molar-refractivity contribution in [3.8, 4) is 6.07 Å². The van der Waals surface area contributed by atoms with Gasteiger partial charge in [-0.15, -0.1) is 0 Å². The number of hydrogen-bond donors (Lipinski definition) is 2. The molecule has 0 amide bonds. The smallest absolute Gasteiger partial charge is 0.339 e. The summed E-state index contributed by atoms with van der Waals surface area (Å²) in [6, 6.07) is 7.10. The van der Waals surface area contributed by atoms with Crippen molar-refractivity contribution in [3.63, 3.8) is 0 Å². The van der Waals surface area contributed by atoms with Crippen LogP contribution in [0.1, 0.15) is 27.4 Å². The number of halogens is 1. The number of carbonyl (C=O) groups is 1. The molecule has 1 heterocycles. The van der Waals surface area contributed by atoms with Gasteiger partial charge in [0.1, 0.15) is 29.0 Å². The average molecular weight is 274 g/mol. The first kappa shape index (κ1) is 13.6. The maximum Gasteiger partial charge on any atom is 0.339 e. The number of hydrogen-bond acceptors (Lipinski definition) is 4. The third-order valence-electron chi connectivity index (χ3n) is 2.75. The van der Waals surface area contributed by atoms with Crippen molar-refractivity contribution in [3.05, 3.63) is 52.7 Å². The molecule has 0 aliphatic carbocycles. The minimum Gasteiger partial charge on any atom is -0.478 e. The van der Waals surface area contributed by atoms with Crippen molar-refractivity contribution in [2.24, 2.45) is 0 Å². The molecule has 0 saturated heterocycles. The van der Waals surface area contributed by atoms with E-state index in [1.807, 2.05) is 6.07 Å². The molecule has 0 spiro atoms. The fourth-order valence-corrected chi connectivity index (χ4v) is 1.79. The van der Waals surface area contributed by atoms with Gasteiger partial charge in [-0.25, -0.2) is 9.18 Å². The van der Waals surface area contributed by atoms with Crippen molar-refractivity contribution >= 4 is 11.7 Å². The molecular formula is C14H11FN2O3. The maximum atomic E-state index is 13.0. The molecule has 0 atom stereocenters. The van der Waals surface area contributed by atoms with Gasteiger partial charge < -0.3 is 14.8 Å². The van der Waals surface area contributed by atoms with E-state index in [1.165, 1.54) is 18.2 Å². The maximum absolute atomic E-state index is 13.0. The molecule has 2 N–H and O–H groups in total. The Hall–Kier alpha value is -2.81. The summed E-state index contributed by atoms with van der Waals surface area (Å²) in [6.45, 7) is 1.76. The molecule has 5 nitrogen and oxygen atoms in total. The van der Waals surface area contributed by atoms with Crippen molar-refractivity contribution in [2.75, 3.05) is 5.32 Å². The van der Waals surface area contributed by atoms with Gasteiger partial charge in [-0.05, 0) is 31.2 Å². The first-order valence-corrected chi connectivity index (χ1v) is 5.77. The Kier molecular flexibility index (Phi) is 3.71. The van der Waals surface area contributed by atoms with Crippen LogP contribution in [-0.4, -0.2) is 11.1 Å². The number of benzene rings is 1. The van der Waals surface area contributed by atoms with Crippen molar-refractivity contribution in [2.45, 2.75) is 13.5 Å². The minimum absolute atomic E-state index is 0.0985. The number of rotatable bonds is 4. The van der Waals surface area contributed by atoms with Crippen molar-refractivity contribution < 1.29 is 18.7 Å².